The van der Waals surface area contributed by atoms with E-state index in [1.807, 2.05) is 0 Å². The highest BCUT2D eigenvalue weighted by atomic mass is 16.5. The van der Waals surface area contributed by atoms with Crippen LogP contribution in [-0.2, 0) is 23.9 Å². The van der Waals surface area contributed by atoms with Crippen LogP contribution in [-0.4, -0.2) is 66.7 Å². The maximum absolute atomic E-state index is 13.0. The molecule has 168 valence electrons. The van der Waals surface area contributed by atoms with Crippen LogP contribution in [0.4, 0.5) is 0 Å². The summed E-state index contributed by atoms with van der Waals surface area (Å²) in [4.78, 5) is 73.7. The lowest BCUT2D eigenvalue weighted by atomic mass is 10.0. The summed E-state index contributed by atoms with van der Waals surface area (Å²) in [6.45, 7) is -0.0957. The molecule has 1 saturated carbocycles. The molecule has 5 amide bonds. The zero-order chi connectivity index (χ0) is 23.0. The van der Waals surface area contributed by atoms with Crippen molar-refractivity contribution in [1.82, 2.24) is 15.5 Å². The van der Waals surface area contributed by atoms with Crippen molar-refractivity contribution >= 4 is 35.5 Å². The second-order valence-electron chi connectivity index (χ2n) is 7.84. The monoisotopic (exact) mass is 443 g/mol. The minimum atomic E-state index is -1.09. The summed E-state index contributed by atoms with van der Waals surface area (Å²) in [5, 5.41) is 4.80. The topological polar surface area (TPSA) is 148 Å². The zero-order valence-electron chi connectivity index (χ0n) is 17.2. The number of ether oxygens (including phenoxy) is 2. The van der Waals surface area contributed by atoms with E-state index in [0.717, 1.165) is 4.90 Å². The van der Waals surface area contributed by atoms with E-state index in [1.54, 1.807) is 0 Å². The number of methoxy groups -OCH3 is 1. The van der Waals surface area contributed by atoms with Crippen molar-refractivity contribution in [3.05, 3.63) is 29.3 Å². The molecule has 2 aliphatic heterocycles. The zero-order valence-corrected chi connectivity index (χ0v) is 17.2. The van der Waals surface area contributed by atoms with Gasteiger partial charge >= 0.3 is 5.97 Å². The molecule has 1 aromatic rings. The van der Waals surface area contributed by atoms with Crippen LogP contribution in [0.3, 0.4) is 0 Å². The van der Waals surface area contributed by atoms with E-state index in [9.17, 15) is 28.8 Å². The van der Waals surface area contributed by atoms with Crippen molar-refractivity contribution in [3.8, 4) is 5.75 Å². The summed E-state index contributed by atoms with van der Waals surface area (Å²) >= 11 is 0. The molecule has 32 heavy (non-hydrogen) atoms. The first-order valence-electron chi connectivity index (χ1n) is 10.1. The number of fused-ring (bicyclic) bond motifs is 1. The Hall–Kier alpha value is -3.76. The van der Waals surface area contributed by atoms with Crippen LogP contribution in [0.5, 0.6) is 5.75 Å². The predicted octanol–water partition coefficient (Wildman–Crippen LogP) is -0.608. The molecule has 11 heteroatoms. The van der Waals surface area contributed by atoms with E-state index in [0.29, 0.717) is 13.0 Å². The maximum atomic E-state index is 13.0. The molecule has 1 aromatic carbocycles. The molecule has 3 atom stereocenters. The van der Waals surface area contributed by atoms with Crippen LogP contribution >= 0.6 is 0 Å². The summed E-state index contributed by atoms with van der Waals surface area (Å²) in [5.41, 5.74) is 0.0412. The molecule has 0 aromatic heterocycles. The number of piperidine rings is 1. The molecule has 4 rings (SSSR count). The summed E-state index contributed by atoms with van der Waals surface area (Å²) in [7, 11) is 1.32. The van der Waals surface area contributed by atoms with Crippen molar-refractivity contribution in [2.24, 2.45) is 11.8 Å². The Balaban J connectivity index is 1.39. The number of esters is 1. The number of rotatable bonds is 7. The van der Waals surface area contributed by atoms with Gasteiger partial charge in [-0.15, -0.1) is 0 Å². The third-order valence-corrected chi connectivity index (χ3v) is 5.78. The van der Waals surface area contributed by atoms with Crippen molar-refractivity contribution in [3.63, 3.8) is 0 Å². The van der Waals surface area contributed by atoms with Crippen molar-refractivity contribution in [2.45, 2.75) is 25.3 Å². The van der Waals surface area contributed by atoms with Gasteiger partial charge in [-0.05, 0) is 30.9 Å². The number of benzene rings is 1. The Labute approximate surface area is 182 Å². The second kappa shape index (κ2) is 8.40. The Morgan fingerprint density at radius 2 is 1.97 bits per heavy atom. The van der Waals surface area contributed by atoms with Gasteiger partial charge in [-0.3, -0.25) is 39.0 Å². The first kappa shape index (κ1) is 21.5. The van der Waals surface area contributed by atoms with E-state index in [1.165, 1.54) is 25.3 Å². The van der Waals surface area contributed by atoms with Gasteiger partial charge in [0.2, 0.25) is 11.8 Å². The van der Waals surface area contributed by atoms with Crippen LogP contribution < -0.4 is 15.4 Å². The molecule has 11 nitrogen and oxygen atoms in total. The highest BCUT2D eigenvalue weighted by Crippen LogP contribution is 2.38. The van der Waals surface area contributed by atoms with Gasteiger partial charge in [0.1, 0.15) is 11.8 Å². The number of carbonyl (C=O) groups is 6. The maximum Gasteiger partial charge on any atom is 0.309 e. The number of hydrogen-bond acceptors (Lipinski definition) is 8. The fourth-order valence-corrected chi connectivity index (χ4v) is 3.96. The smallest absolute Gasteiger partial charge is 0.309 e. The van der Waals surface area contributed by atoms with Crippen molar-refractivity contribution in [1.29, 1.82) is 0 Å². The van der Waals surface area contributed by atoms with Gasteiger partial charge in [-0.1, -0.05) is 6.07 Å². The molecule has 0 radical (unpaired) electrons. The van der Waals surface area contributed by atoms with Gasteiger partial charge in [-0.2, -0.15) is 0 Å². The van der Waals surface area contributed by atoms with Gasteiger partial charge in [0.25, 0.3) is 17.7 Å². The Kier molecular flexibility index (Phi) is 5.64. The van der Waals surface area contributed by atoms with Crippen LogP contribution in [0.25, 0.3) is 0 Å². The quantitative estimate of drug-likeness (QED) is 0.419. The van der Waals surface area contributed by atoms with Gasteiger partial charge in [0.15, 0.2) is 6.61 Å². The van der Waals surface area contributed by atoms with Crippen molar-refractivity contribution in [2.75, 3.05) is 20.3 Å². The fraction of sp³-hybridized carbons (Fsp3) is 0.429. The van der Waals surface area contributed by atoms with Crippen LogP contribution in [0.15, 0.2) is 18.2 Å². The highest BCUT2D eigenvalue weighted by Gasteiger charge is 2.46. The Morgan fingerprint density at radius 3 is 2.69 bits per heavy atom. The molecule has 1 aliphatic carbocycles. The average molecular weight is 443 g/mol. The largest absolute Gasteiger partial charge is 0.483 e. The first-order valence-corrected chi connectivity index (χ1v) is 10.1. The molecule has 1 saturated heterocycles. The molecule has 2 fully saturated rings. The lowest BCUT2D eigenvalue weighted by Crippen LogP contribution is -2.54. The molecule has 3 aliphatic rings. The van der Waals surface area contributed by atoms with E-state index >= 15 is 0 Å². The third kappa shape index (κ3) is 3.93. The molecular formula is C21H21N3O8. The van der Waals surface area contributed by atoms with E-state index in [4.69, 9.17) is 4.74 Å². The lowest BCUT2D eigenvalue weighted by molar-refractivity contribution is -0.142. The average Bonchev–Trinajstić information content (AvgIpc) is 3.51. The number of carbonyl (C=O) groups excluding carboxylic acids is 6. The molecule has 0 bridgehead atoms. The number of nitrogens with zero attached hydrogens (tertiary/aromatic N) is 1. The summed E-state index contributed by atoms with van der Waals surface area (Å²) in [6.07, 6.45) is 0.709. The normalized spacial score (nSPS) is 24.0. The standard InChI is InChI=1S/C21H21N3O8/c1-31-21(30)12-7-10(12)8-22-16(26)9-32-14-4-2-3-11-17(14)20(29)24(19(11)28)13-5-6-15(25)23-18(13)27/h2-4,10,12-13H,5-9H2,1H3,(H,22,26)(H,23,25,27). The number of hydrogen-bond donors (Lipinski definition) is 2. The van der Waals surface area contributed by atoms with Crippen LogP contribution in [0, 0.1) is 11.8 Å². The third-order valence-electron chi connectivity index (χ3n) is 5.78. The summed E-state index contributed by atoms with van der Waals surface area (Å²) in [6, 6.07) is 3.32. The van der Waals surface area contributed by atoms with Crippen LogP contribution in [0.2, 0.25) is 0 Å². The van der Waals surface area contributed by atoms with Gasteiger partial charge in [-0.25, -0.2) is 0 Å². The molecule has 2 heterocycles. The molecular weight excluding hydrogens is 422 g/mol. The van der Waals surface area contributed by atoms with Crippen LogP contribution in [0.1, 0.15) is 40.0 Å². The fourth-order valence-electron chi connectivity index (χ4n) is 3.96. The van der Waals surface area contributed by atoms with Gasteiger partial charge in [0, 0.05) is 13.0 Å². The SMILES string of the molecule is COC(=O)C1CC1CNC(=O)COc1cccc2c1C(=O)N(C1CCC(=O)NC1=O)C2=O. The Morgan fingerprint density at radius 1 is 1.19 bits per heavy atom. The lowest BCUT2D eigenvalue weighted by Gasteiger charge is -2.27. The van der Waals surface area contributed by atoms with Gasteiger partial charge < -0.3 is 14.8 Å². The predicted molar refractivity (Wildman–Crippen MR) is 105 cm³/mol. The van der Waals surface area contributed by atoms with E-state index in [-0.39, 0.29) is 47.5 Å². The number of imide groups is 2. The molecule has 0 spiro atoms. The Bertz CT molecular complexity index is 1040. The minimum absolute atomic E-state index is 0.0190. The van der Waals surface area contributed by atoms with Gasteiger partial charge in [0.05, 0.1) is 24.2 Å². The molecule has 3 unspecified atom stereocenters. The summed E-state index contributed by atoms with van der Waals surface area (Å²) in [5.74, 6) is -3.42. The first-order chi connectivity index (χ1) is 15.3. The van der Waals surface area contributed by atoms with E-state index < -0.39 is 42.2 Å². The van der Waals surface area contributed by atoms with E-state index in [2.05, 4.69) is 15.4 Å². The minimum Gasteiger partial charge on any atom is -0.483 e. The number of nitrogens with one attached hydrogen (secondary N) is 2. The second-order valence-corrected chi connectivity index (χ2v) is 7.84. The highest BCUT2D eigenvalue weighted by molar-refractivity contribution is 6.24. The van der Waals surface area contributed by atoms with Crippen molar-refractivity contribution < 1.29 is 38.2 Å². The molecule has 2 N–H and O–H groups in total. The number of amides is 5. The summed E-state index contributed by atoms with van der Waals surface area (Å²) < 4.78 is 10.2.